The molecule has 2 nitrogen and oxygen atoms in total. The molecule has 0 atom stereocenters. The van der Waals surface area contributed by atoms with Crippen LogP contribution in [0.15, 0.2) is 24.3 Å². The van der Waals surface area contributed by atoms with Gasteiger partial charge in [0.25, 0.3) is 0 Å². The van der Waals surface area contributed by atoms with Crippen molar-refractivity contribution in [1.82, 2.24) is 0 Å². The Hall–Kier alpha value is -1.02. The van der Waals surface area contributed by atoms with E-state index in [2.05, 4.69) is 0 Å². The molecule has 0 aromatic heterocycles. The molecule has 1 aromatic rings. The van der Waals surface area contributed by atoms with E-state index in [-0.39, 0.29) is 5.24 Å². The van der Waals surface area contributed by atoms with Gasteiger partial charge in [-0.15, -0.1) is 0 Å². The fraction of sp³-hybridized carbons (Fsp3) is 0.417. The molecule has 0 spiro atoms. The summed E-state index contributed by atoms with van der Waals surface area (Å²) in [5.41, 5.74) is 0.480. The molecule has 0 heterocycles. The summed E-state index contributed by atoms with van der Waals surface area (Å²) in [5, 5.41) is -0.379. The van der Waals surface area contributed by atoms with Gasteiger partial charge in [0.15, 0.2) is 0 Å². The highest BCUT2D eigenvalue weighted by Gasteiger charge is 2.26. The van der Waals surface area contributed by atoms with Crippen LogP contribution < -0.4 is 4.74 Å². The zero-order chi connectivity index (χ0) is 11.5. The summed E-state index contributed by atoms with van der Waals surface area (Å²) in [7, 11) is 0. The Bertz CT molecular complexity index is 358. The standard InChI is InChI=1S/C12H15ClO2/c1-9-5-4-6-10(7-9)15-8-12(2,3)11(13)14/h4-7H,8H2,1-3H3. The lowest BCUT2D eigenvalue weighted by molar-refractivity contribution is -0.120. The number of halogens is 1. The minimum atomic E-state index is -0.648. The summed E-state index contributed by atoms with van der Waals surface area (Å²) in [6.07, 6.45) is 0. The van der Waals surface area contributed by atoms with Crippen molar-refractivity contribution in [2.75, 3.05) is 6.61 Å². The summed E-state index contributed by atoms with van der Waals surface area (Å²) in [5.74, 6) is 0.765. The summed E-state index contributed by atoms with van der Waals surface area (Å²) in [6.45, 7) is 5.81. The van der Waals surface area contributed by atoms with Crippen molar-refractivity contribution in [3.63, 3.8) is 0 Å². The van der Waals surface area contributed by atoms with Crippen molar-refractivity contribution >= 4 is 16.8 Å². The molecule has 1 aromatic carbocycles. The maximum absolute atomic E-state index is 11.0. The highest BCUT2D eigenvalue weighted by molar-refractivity contribution is 6.64. The number of rotatable bonds is 4. The molecule has 0 amide bonds. The molecular formula is C12H15ClO2. The number of carbonyl (C=O) groups is 1. The van der Waals surface area contributed by atoms with Crippen molar-refractivity contribution in [3.8, 4) is 5.75 Å². The first-order valence-corrected chi connectivity index (χ1v) is 5.19. The normalized spacial score (nSPS) is 11.2. The van der Waals surface area contributed by atoms with Gasteiger partial charge in [0.2, 0.25) is 5.24 Å². The van der Waals surface area contributed by atoms with Crippen LogP contribution in [0.3, 0.4) is 0 Å². The molecule has 15 heavy (non-hydrogen) atoms. The van der Waals surface area contributed by atoms with Crippen LogP contribution in [0.4, 0.5) is 0 Å². The highest BCUT2D eigenvalue weighted by Crippen LogP contribution is 2.21. The minimum Gasteiger partial charge on any atom is -0.493 e. The Balaban J connectivity index is 2.61. The van der Waals surface area contributed by atoms with Crippen LogP contribution in [0.5, 0.6) is 5.75 Å². The predicted molar refractivity (Wildman–Crippen MR) is 61.3 cm³/mol. The summed E-state index contributed by atoms with van der Waals surface area (Å²) in [4.78, 5) is 11.0. The second kappa shape index (κ2) is 4.67. The number of carbonyl (C=O) groups excluding carboxylic acids is 1. The molecule has 0 aliphatic carbocycles. The van der Waals surface area contributed by atoms with E-state index in [4.69, 9.17) is 16.3 Å². The molecule has 0 N–H and O–H groups in total. The van der Waals surface area contributed by atoms with Gasteiger partial charge in [-0.25, -0.2) is 0 Å². The van der Waals surface area contributed by atoms with Crippen molar-refractivity contribution in [2.24, 2.45) is 5.41 Å². The zero-order valence-corrected chi connectivity index (χ0v) is 9.97. The molecule has 1 rings (SSSR count). The first-order valence-electron chi connectivity index (χ1n) is 4.81. The molecule has 0 aliphatic heterocycles. The van der Waals surface area contributed by atoms with Gasteiger partial charge < -0.3 is 4.74 Å². The first-order chi connectivity index (χ1) is 6.92. The van der Waals surface area contributed by atoms with E-state index in [1.54, 1.807) is 13.8 Å². The van der Waals surface area contributed by atoms with E-state index in [0.717, 1.165) is 11.3 Å². The van der Waals surface area contributed by atoms with Crippen LogP contribution in [-0.2, 0) is 4.79 Å². The largest absolute Gasteiger partial charge is 0.493 e. The van der Waals surface area contributed by atoms with E-state index in [1.165, 1.54) is 0 Å². The number of ether oxygens (including phenoxy) is 1. The predicted octanol–water partition coefficient (Wildman–Crippen LogP) is 3.17. The lowest BCUT2D eigenvalue weighted by Crippen LogP contribution is -2.27. The van der Waals surface area contributed by atoms with Crippen LogP contribution in [-0.4, -0.2) is 11.8 Å². The second-order valence-corrected chi connectivity index (χ2v) is 4.61. The van der Waals surface area contributed by atoms with Crippen LogP contribution in [0.1, 0.15) is 19.4 Å². The van der Waals surface area contributed by atoms with Crippen molar-refractivity contribution < 1.29 is 9.53 Å². The van der Waals surface area contributed by atoms with E-state index < -0.39 is 5.41 Å². The van der Waals surface area contributed by atoms with Crippen molar-refractivity contribution in [3.05, 3.63) is 29.8 Å². The smallest absolute Gasteiger partial charge is 0.230 e. The average molecular weight is 227 g/mol. The van der Waals surface area contributed by atoms with Gasteiger partial charge in [-0.3, -0.25) is 4.79 Å². The second-order valence-electron chi connectivity index (χ2n) is 4.26. The van der Waals surface area contributed by atoms with E-state index in [9.17, 15) is 4.79 Å². The number of aryl methyl sites for hydroxylation is 1. The van der Waals surface area contributed by atoms with Gasteiger partial charge in [-0.1, -0.05) is 12.1 Å². The molecule has 0 bridgehead atoms. The molecule has 3 heteroatoms. The zero-order valence-electron chi connectivity index (χ0n) is 9.21. The third-order valence-electron chi connectivity index (χ3n) is 2.12. The molecule has 0 unspecified atom stereocenters. The fourth-order valence-electron chi connectivity index (χ4n) is 1.03. The lowest BCUT2D eigenvalue weighted by Gasteiger charge is -2.19. The number of hydrogen-bond donors (Lipinski definition) is 0. The highest BCUT2D eigenvalue weighted by atomic mass is 35.5. The topological polar surface area (TPSA) is 26.3 Å². The third-order valence-corrected chi connectivity index (χ3v) is 2.63. The SMILES string of the molecule is Cc1cccc(OCC(C)(C)C(=O)Cl)c1. The maximum Gasteiger partial charge on any atom is 0.230 e. The Morgan fingerprint density at radius 3 is 2.67 bits per heavy atom. The maximum atomic E-state index is 11.0. The summed E-state index contributed by atoms with van der Waals surface area (Å²) in [6, 6.07) is 7.70. The average Bonchev–Trinajstić information content (AvgIpc) is 2.15. The first kappa shape index (κ1) is 12.1. The minimum absolute atomic E-state index is 0.290. The quantitative estimate of drug-likeness (QED) is 0.738. The Labute approximate surface area is 95.2 Å². The number of benzene rings is 1. The van der Waals surface area contributed by atoms with Gasteiger partial charge in [0.05, 0.1) is 5.41 Å². The van der Waals surface area contributed by atoms with Gasteiger partial charge in [0, 0.05) is 0 Å². The number of hydrogen-bond acceptors (Lipinski definition) is 2. The molecule has 0 radical (unpaired) electrons. The third kappa shape index (κ3) is 3.56. The van der Waals surface area contributed by atoms with Crippen LogP contribution in [0, 0.1) is 12.3 Å². The monoisotopic (exact) mass is 226 g/mol. The Morgan fingerprint density at radius 1 is 1.47 bits per heavy atom. The van der Waals surface area contributed by atoms with E-state index in [1.807, 2.05) is 31.2 Å². The van der Waals surface area contributed by atoms with Gasteiger partial charge in [-0.05, 0) is 50.1 Å². The fourth-order valence-corrected chi connectivity index (χ4v) is 1.08. The lowest BCUT2D eigenvalue weighted by atomic mass is 9.97. The summed E-state index contributed by atoms with van der Waals surface area (Å²) >= 11 is 5.45. The molecule has 0 fully saturated rings. The molecule has 0 saturated carbocycles. The van der Waals surface area contributed by atoms with Crippen LogP contribution >= 0.6 is 11.6 Å². The summed E-state index contributed by atoms with van der Waals surface area (Å²) < 4.78 is 5.51. The van der Waals surface area contributed by atoms with Gasteiger partial charge in [0.1, 0.15) is 12.4 Å². The van der Waals surface area contributed by atoms with Crippen LogP contribution in [0.2, 0.25) is 0 Å². The molecular weight excluding hydrogens is 212 g/mol. The van der Waals surface area contributed by atoms with Crippen molar-refractivity contribution in [2.45, 2.75) is 20.8 Å². The molecule has 0 aliphatic rings. The van der Waals surface area contributed by atoms with Crippen LogP contribution in [0.25, 0.3) is 0 Å². The Kier molecular flexibility index (Phi) is 3.75. The van der Waals surface area contributed by atoms with Gasteiger partial charge >= 0.3 is 0 Å². The van der Waals surface area contributed by atoms with Crippen molar-refractivity contribution in [1.29, 1.82) is 0 Å². The molecule has 0 saturated heterocycles. The Morgan fingerprint density at radius 2 is 2.13 bits per heavy atom. The molecule has 82 valence electrons. The van der Waals surface area contributed by atoms with Gasteiger partial charge in [-0.2, -0.15) is 0 Å². The van der Waals surface area contributed by atoms with E-state index in [0.29, 0.717) is 6.61 Å². The van der Waals surface area contributed by atoms with E-state index >= 15 is 0 Å².